The molecule has 8 atom stereocenters. The van der Waals surface area contributed by atoms with Gasteiger partial charge in [0.1, 0.15) is 6.10 Å². The first-order valence-electron chi connectivity index (χ1n) is 13.9. The van der Waals surface area contributed by atoms with Gasteiger partial charge in [0.15, 0.2) is 11.6 Å². The molecule has 0 bridgehead atoms. The largest absolute Gasteiger partial charge is 0.462 e. The van der Waals surface area contributed by atoms with E-state index in [1.807, 2.05) is 26.8 Å². The number of carbonyl (C=O) groups is 2. The molecule has 3 saturated carbocycles. The van der Waals surface area contributed by atoms with Crippen LogP contribution in [0.15, 0.2) is 11.6 Å². The predicted octanol–water partition coefficient (Wildman–Crippen LogP) is 6.39. The summed E-state index contributed by atoms with van der Waals surface area (Å²) >= 11 is 0. The summed E-state index contributed by atoms with van der Waals surface area (Å²) in [4.78, 5) is 25.1. The van der Waals surface area contributed by atoms with Crippen molar-refractivity contribution in [2.75, 3.05) is 0 Å². The van der Waals surface area contributed by atoms with E-state index < -0.39 is 11.4 Å². The Bertz CT molecular complexity index is 948. The fourth-order valence-corrected chi connectivity index (χ4v) is 10.2. The molecule has 1 heterocycles. The zero-order chi connectivity index (χ0) is 25.6. The van der Waals surface area contributed by atoms with Crippen LogP contribution in [0.4, 0.5) is 0 Å². The number of ketones is 1. The standard InChI is InChI=1S/C30H46O5/c1-18-14-22-20(15-21(18)32)30(35-27(5,6)34-22)13-10-24-28(7,17-30)16-23(33-19(2)31)25-26(3,4)11-9-12-29(24,25)8/h14,20,22-25H,9-13,15-17H2,1-8H3/t20-,22+,23+,24-,25-,28-,29+,30+/m0/s1. The molecule has 196 valence electrons. The van der Waals surface area contributed by atoms with E-state index in [2.05, 4.69) is 27.7 Å². The minimum absolute atomic E-state index is 0.0324. The monoisotopic (exact) mass is 486 g/mol. The SMILES string of the molecule is CC(=O)O[C@@H]1C[C@@]2(C)C[C@@]3(CC[C@@H]2[C@@]2(C)CCCC(C)(C)[C@H]12)OC(C)(C)O[C@@H]1C=C(C)C(=O)C[C@@H]13. The van der Waals surface area contributed by atoms with Gasteiger partial charge in [0.25, 0.3) is 0 Å². The van der Waals surface area contributed by atoms with Crippen LogP contribution >= 0.6 is 0 Å². The van der Waals surface area contributed by atoms with Crippen LogP contribution in [0.3, 0.4) is 0 Å². The molecule has 0 unspecified atom stereocenters. The molecule has 5 heteroatoms. The Kier molecular flexibility index (Phi) is 5.74. The van der Waals surface area contributed by atoms with Crippen molar-refractivity contribution in [3.05, 3.63) is 11.6 Å². The zero-order valence-electron chi connectivity index (χ0n) is 23.2. The summed E-state index contributed by atoms with van der Waals surface area (Å²) in [5.41, 5.74) is 0.637. The Morgan fingerprint density at radius 2 is 1.80 bits per heavy atom. The molecule has 4 aliphatic carbocycles. The van der Waals surface area contributed by atoms with Crippen LogP contribution in [0.1, 0.15) is 107 Å². The second-order valence-corrected chi connectivity index (χ2v) is 14.3. The maximum atomic E-state index is 12.8. The average molecular weight is 487 g/mol. The van der Waals surface area contributed by atoms with Gasteiger partial charge in [0, 0.05) is 25.2 Å². The molecule has 5 aliphatic rings. The lowest BCUT2D eigenvalue weighted by Crippen LogP contribution is -2.68. The zero-order valence-corrected chi connectivity index (χ0v) is 23.2. The minimum Gasteiger partial charge on any atom is -0.462 e. The van der Waals surface area contributed by atoms with Crippen molar-refractivity contribution >= 4 is 11.8 Å². The number of esters is 1. The summed E-state index contributed by atoms with van der Waals surface area (Å²) in [6, 6.07) is 0. The highest BCUT2D eigenvalue weighted by Gasteiger charge is 2.68. The molecule has 1 spiro atoms. The number of fused-ring (bicyclic) bond motifs is 5. The molecule has 4 fully saturated rings. The average Bonchev–Trinajstić information content (AvgIpc) is 2.66. The third-order valence-electron chi connectivity index (χ3n) is 10.8. The Balaban J connectivity index is 1.56. The predicted molar refractivity (Wildman–Crippen MR) is 134 cm³/mol. The van der Waals surface area contributed by atoms with E-state index in [1.165, 1.54) is 19.3 Å². The maximum Gasteiger partial charge on any atom is 0.302 e. The summed E-state index contributed by atoms with van der Waals surface area (Å²) in [5.74, 6) is 0.277. The molecule has 35 heavy (non-hydrogen) atoms. The number of hydrogen-bond donors (Lipinski definition) is 0. The first kappa shape index (κ1) is 25.4. The molecular formula is C30H46O5. The third-order valence-corrected chi connectivity index (χ3v) is 10.8. The van der Waals surface area contributed by atoms with Gasteiger partial charge in [-0.2, -0.15) is 0 Å². The van der Waals surface area contributed by atoms with Gasteiger partial charge >= 0.3 is 5.97 Å². The molecule has 0 N–H and O–H groups in total. The number of rotatable bonds is 1. The van der Waals surface area contributed by atoms with Crippen molar-refractivity contribution in [1.82, 2.24) is 0 Å². The van der Waals surface area contributed by atoms with E-state index in [-0.39, 0.29) is 46.1 Å². The Morgan fingerprint density at radius 1 is 1.09 bits per heavy atom. The molecule has 1 saturated heterocycles. The number of carbonyl (C=O) groups excluding carboxylic acids is 2. The molecule has 5 nitrogen and oxygen atoms in total. The lowest BCUT2D eigenvalue weighted by molar-refractivity contribution is -0.369. The molecular weight excluding hydrogens is 440 g/mol. The van der Waals surface area contributed by atoms with Gasteiger partial charge in [-0.25, -0.2) is 0 Å². The van der Waals surface area contributed by atoms with Crippen LogP contribution in [0.5, 0.6) is 0 Å². The smallest absolute Gasteiger partial charge is 0.302 e. The van der Waals surface area contributed by atoms with Crippen LogP contribution in [0.2, 0.25) is 0 Å². The first-order valence-corrected chi connectivity index (χ1v) is 13.9. The summed E-state index contributed by atoms with van der Waals surface area (Å²) in [5, 5.41) is 0. The van der Waals surface area contributed by atoms with Crippen molar-refractivity contribution in [2.45, 2.75) is 130 Å². The molecule has 1 aliphatic heterocycles. The van der Waals surface area contributed by atoms with Crippen LogP contribution < -0.4 is 0 Å². The summed E-state index contributed by atoms with van der Waals surface area (Å²) in [6.07, 6.45) is 9.76. The van der Waals surface area contributed by atoms with Gasteiger partial charge in [-0.1, -0.05) is 34.1 Å². The normalized spacial score (nSPS) is 48.3. The molecule has 0 amide bonds. The molecule has 0 aromatic rings. The van der Waals surface area contributed by atoms with Crippen molar-refractivity contribution in [1.29, 1.82) is 0 Å². The highest BCUT2D eigenvalue weighted by molar-refractivity contribution is 5.96. The van der Waals surface area contributed by atoms with Crippen LogP contribution in [-0.4, -0.2) is 35.3 Å². The van der Waals surface area contributed by atoms with Gasteiger partial charge < -0.3 is 14.2 Å². The second-order valence-electron chi connectivity index (χ2n) is 14.3. The topological polar surface area (TPSA) is 61.8 Å². The maximum absolute atomic E-state index is 12.8. The molecule has 5 rings (SSSR count). The van der Waals surface area contributed by atoms with Gasteiger partial charge in [-0.05, 0) is 93.1 Å². The van der Waals surface area contributed by atoms with E-state index in [0.717, 1.165) is 31.3 Å². The van der Waals surface area contributed by atoms with Gasteiger partial charge in [-0.3, -0.25) is 9.59 Å². The van der Waals surface area contributed by atoms with E-state index in [9.17, 15) is 9.59 Å². The summed E-state index contributed by atoms with van der Waals surface area (Å²) in [6.45, 7) is 17.2. The van der Waals surface area contributed by atoms with Crippen molar-refractivity contribution in [3.8, 4) is 0 Å². The van der Waals surface area contributed by atoms with Crippen molar-refractivity contribution in [2.24, 2.45) is 34.0 Å². The van der Waals surface area contributed by atoms with Gasteiger partial charge in [-0.15, -0.1) is 0 Å². The lowest BCUT2D eigenvalue weighted by Gasteiger charge is -2.69. The first-order chi connectivity index (χ1) is 16.1. The van der Waals surface area contributed by atoms with E-state index >= 15 is 0 Å². The highest BCUT2D eigenvalue weighted by Crippen LogP contribution is 2.70. The van der Waals surface area contributed by atoms with E-state index in [1.54, 1.807) is 6.92 Å². The minimum atomic E-state index is -0.704. The third kappa shape index (κ3) is 3.95. The molecule has 0 aromatic carbocycles. The molecule has 0 aromatic heterocycles. The van der Waals surface area contributed by atoms with E-state index in [0.29, 0.717) is 18.3 Å². The number of ether oxygens (including phenoxy) is 3. The van der Waals surface area contributed by atoms with Crippen LogP contribution in [-0.2, 0) is 23.8 Å². The van der Waals surface area contributed by atoms with Crippen LogP contribution in [0, 0.1) is 34.0 Å². The fourth-order valence-electron chi connectivity index (χ4n) is 10.2. The fraction of sp³-hybridized carbons (Fsp3) is 0.867. The number of Topliss-reactive ketones (excluding diaryl/α,β-unsaturated/α-hetero) is 1. The Morgan fingerprint density at radius 3 is 2.49 bits per heavy atom. The van der Waals surface area contributed by atoms with E-state index in [4.69, 9.17) is 14.2 Å². The van der Waals surface area contributed by atoms with Gasteiger partial charge in [0.2, 0.25) is 0 Å². The quantitative estimate of drug-likeness (QED) is 0.402. The van der Waals surface area contributed by atoms with Crippen LogP contribution in [0.25, 0.3) is 0 Å². The summed E-state index contributed by atoms with van der Waals surface area (Å²) in [7, 11) is 0. The summed E-state index contributed by atoms with van der Waals surface area (Å²) < 4.78 is 19.4. The number of allylic oxidation sites excluding steroid dienone is 1. The number of hydrogen-bond acceptors (Lipinski definition) is 5. The lowest BCUT2D eigenvalue weighted by atomic mass is 9.39. The Labute approximate surface area is 211 Å². The second kappa shape index (κ2) is 7.90. The van der Waals surface area contributed by atoms with Crippen molar-refractivity contribution in [3.63, 3.8) is 0 Å². The molecule has 0 radical (unpaired) electrons. The van der Waals surface area contributed by atoms with Crippen molar-refractivity contribution < 1.29 is 23.8 Å². The Hall–Kier alpha value is -1.20. The highest BCUT2D eigenvalue weighted by atomic mass is 16.7. The van der Waals surface area contributed by atoms with Gasteiger partial charge in [0.05, 0.1) is 11.7 Å².